The van der Waals surface area contributed by atoms with Crippen LogP contribution in [-0.2, 0) is 34.7 Å². The quantitative estimate of drug-likeness (QED) is 0.140. The molecule has 3 aromatic heterocycles. The number of piperazine rings is 1. The molecule has 16 nitrogen and oxygen atoms in total. The summed E-state index contributed by atoms with van der Waals surface area (Å²) in [6.45, 7) is 13.4. The first-order valence-corrected chi connectivity index (χ1v) is 22.7. The van der Waals surface area contributed by atoms with Crippen molar-refractivity contribution in [2.45, 2.75) is 76.6 Å². The lowest BCUT2D eigenvalue weighted by atomic mass is 9.95. The van der Waals surface area contributed by atoms with E-state index in [0.29, 0.717) is 65.8 Å². The normalized spacial score (nSPS) is 21.9. The maximum absolute atomic E-state index is 13.6. The van der Waals surface area contributed by atoms with E-state index >= 15 is 0 Å². The van der Waals surface area contributed by atoms with Crippen molar-refractivity contribution in [3.8, 4) is 5.82 Å². The Bertz CT molecular complexity index is 2710. The van der Waals surface area contributed by atoms with Gasteiger partial charge >= 0.3 is 0 Å². The second-order valence-corrected chi connectivity index (χ2v) is 18.0. The van der Waals surface area contributed by atoms with Crippen molar-refractivity contribution in [1.29, 1.82) is 0 Å². The van der Waals surface area contributed by atoms with Crippen LogP contribution in [0.25, 0.3) is 16.9 Å². The number of hydrogen-bond acceptors (Lipinski definition) is 12. The molecule has 4 aliphatic heterocycles. The van der Waals surface area contributed by atoms with Crippen LogP contribution >= 0.6 is 0 Å². The number of allylic oxidation sites excluding steroid dienone is 1. The highest BCUT2D eigenvalue weighted by Gasteiger charge is 2.42. The number of likely N-dealkylation sites (tertiary alicyclic amines) is 1. The maximum Gasteiger partial charge on any atom is 0.278 e. The standard InChI is InChI=1S/C48H55N11O5/c1-4-20-58-45(62)38-28-49-47(52-43(38)59(58)40-14-6-32-16-19-48(64,5-2)42(32)51-40)50-34-7-9-35(10-8-34)56-25-23-54(24-26-56)29-31-17-21-55(22-18-31)36-11-12-37-33(27-36)30-57(44(37)61)39-13-15-41(60)53(3)46(39)63/h4,6-12,14,27-28,31,39,64H,1,5,13,15-26,29-30H2,2-3H3,(H,49,50,52)/t39?,48-/m1/s1. The third-order valence-corrected chi connectivity index (χ3v) is 14.3. The summed E-state index contributed by atoms with van der Waals surface area (Å²) < 4.78 is 3.25. The van der Waals surface area contributed by atoms with E-state index in [1.807, 2.05) is 43.3 Å². The SMILES string of the molecule is C=CCn1c(=O)c2cnc(Nc3ccc(N4CCN(CC5CCN(c6ccc7c(c6)CN(C6CCC(=O)N(C)C6=O)C7=O)CC5)CC4)cc3)nc2n1-c1ccc2c(n1)[C@@](O)(CC)CC2. The predicted octanol–water partition coefficient (Wildman–Crippen LogP) is 4.59. The number of benzene rings is 2. The Morgan fingerprint density at radius 3 is 2.38 bits per heavy atom. The fourth-order valence-electron chi connectivity index (χ4n) is 10.4. The average molecular weight is 866 g/mol. The number of carbonyl (C=O) groups excluding carboxylic acids is 3. The van der Waals surface area contributed by atoms with Crippen LogP contribution in [-0.4, -0.2) is 121 Å². The zero-order valence-electron chi connectivity index (χ0n) is 36.6. The summed E-state index contributed by atoms with van der Waals surface area (Å²) in [6, 6.07) is 17.6. The van der Waals surface area contributed by atoms with Crippen molar-refractivity contribution in [1.82, 2.24) is 39.0 Å². The molecule has 1 aliphatic carbocycles. The van der Waals surface area contributed by atoms with Gasteiger partial charge in [-0.1, -0.05) is 19.1 Å². The van der Waals surface area contributed by atoms with Crippen molar-refractivity contribution in [3.05, 3.63) is 106 Å². The third kappa shape index (κ3) is 7.41. The molecule has 5 aromatic rings. The van der Waals surface area contributed by atoms with E-state index in [1.54, 1.807) is 26.5 Å². The van der Waals surface area contributed by atoms with Gasteiger partial charge in [0.1, 0.15) is 17.0 Å². The fourth-order valence-corrected chi connectivity index (χ4v) is 10.4. The first-order valence-electron chi connectivity index (χ1n) is 22.7. The number of likely N-dealkylation sites (N-methyl/N-ethyl adjacent to an activating group) is 1. The number of amides is 3. The minimum absolute atomic E-state index is 0.126. The Morgan fingerprint density at radius 1 is 0.875 bits per heavy atom. The minimum atomic E-state index is -0.995. The lowest BCUT2D eigenvalue weighted by Gasteiger charge is -2.40. The number of pyridine rings is 1. The Labute approximate surface area is 371 Å². The molecule has 10 rings (SSSR count). The highest BCUT2D eigenvalue weighted by molar-refractivity contribution is 6.05. The number of hydrogen-bond donors (Lipinski definition) is 2. The van der Waals surface area contributed by atoms with Crippen molar-refractivity contribution < 1.29 is 19.5 Å². The minimum Gasteiger partial charge on any atom is -0.384 e. The van der Waals surface area contributed by atoms with Crippen LogP contribution in [0.5, 0.6) is 0 Å². The number of anilines is 4. The van der Waals surface area contributed by atoms with Crippen molar-refractivity contribution >= 4 is 51.8 Å². The first-order chi connectivity index (χ1) is 31.0. The number of nitrogens with zero attached hydrogens (tertiary/aromatic N) is 10. The van der Waals surface area contributed by atoms with Crippen LogP contribution in [0.3, 0.4) is 0 Å². The molecule has 3 fully saturated rings. The number of aryl methyl sites for hydroxylation is 1. The number of fused-ring (bicyclic) bond motifs is 3. The predicted molar refractivity (Wildman–Crippen MR) is 244 cm³/mol. The first kappa shape index (κ1) is 41.6. The molecule has 3 amide bonds. The Hall–Kier alpha value is -6.39. The Balaban J connectivity index is 0.730. The van der Waals surface area contributed by atoms with E-state index in [1.165, 1.54) is 7.05 Å². The molecule has 16 heteroatoms. The van der Waals surface area contributed by atoms with E-state index in [-0.39, 0.29) is 36.2 Å². The molecule has 5 aliphatic rings. The van der Waals surface area contributed by atoms with E-state index in [0.717, 1.165) is 98.2 Å². The van der Waals surface area contributed by atoms with E-state index in [9.17, 15) is 24.3 Å². The van der Waals surface area contributed by atoms with Gasteiger partial charge in [0.05, 0.1) is 12.2 Å². The molecule has 3 saturated heterocycles. The van der Waals surface area contributed by atoms with Gasteiger partial charge in [-0.15, -0.1) is 6.58 Å². The maximum atomic E-state index is 13.6. The van der Waals surface area contributed by atoms with Crippen molar-refractivity contribution in [3.63, 3.8) is 0 Å². The van der Waals surface area contributed by atoms with Gasteiger partial charge in [0.15, 0.2) is 11.5 Å². The molecule has 332 valence electrons. The lowest BCUT2D eigenvalue weighted by Crippen LogP contribution is -2.53. The molecular weight excluding hydrogens is 811 g/mol. The summed E-state index contributed by atoms with van der Waals surface area (Å²) in [5.74, 6) is 0.872. The van der Waals surface area contributed by atoms with Crippen LogP contribution < -0.4 is 20.7 Å². The van der Waals surface area contributed by atoms with Crippen molar-refractivity contribution in [2.24, 2.45) is 5.92 Å². The molecule has 64 heavy (non-hydrogen) atoms. The zero-order valence-corrected chi connectivity index (χ0v) is 36.6. The molecule has 2 atom stereocenters. The zero-order chi connectivity index (χ0) is 44.3. The molecule has 2 aromatic carbocycles. The molecule has 7 heterocycles. The monoisotopic (exact) mass is 865 g/mol. The highest BCUT2D eigenvalue weighted by atomic mass is 16.3. The molecule has 1 unspecified atom stereocenters. The van der Waals surface area contributed by atoms with E-state index < -0.39 is 11.6 Å². The summed E-state index contributed by atoms with van der Waals surface area (Å²) >= 11 is 0. The largest absolute Gasteiger partial charge is 0.384 e. The van der Waals surface area contributed by atoms with Crippen molar-refractivity contribution in [2.75, 3.05) is 68.0 Å². The molecule has 0 spiro atoms. The molecule has 0 bridgehead atoms. The van der Waals surface area contributed by atoms with Gasteiger partial charge in [0.2, 0.25) is 11.9 Å². The smallest absolute Gasteiger partial charge is 0.278 e. The number of piperidine rings is 2. The number of aromatic nitrogens is 5. The van der Waals surface area contributed by atoms with E-state index in [4.69, 9.17) is 9.97 Å². The molecule has 0 radical (unpaired) electrons. The van der Waals surface area contributed by atoms with Gasteiger partial charge in [-0.3, -0.25) is 29.0 Å². The summed E-state index contributed by atoms with van der Waals surface area (Å²) in [6.07, 6.45) is 8.02. The number of imide groups is 1. The summed E-state index contributed by atoms with van der Waals surface area (Å²) in [5, 5.41) is 15.0. The lowest BCUT2D eigenvalue weighted by molar-refractivity contribution is -0.150. The molecular formula is C48H55N11O5. The average Bonchev–Trinajstić information content (AvgIpc) is 3.93. The molecule has 2 N–H and O–H groups in total. The van der Waals surface area contributed by atoms with Crippen LogP contribution in [0.2, 0.25) is 0 Å². The van der Waals surface area contributed by atoms with Gasteiger partial charge < -0.3 is 25.1 Å². The number of aliphatic hydroxyl groups is 1. The summed E-state index contributed by atoms with van der Waals surface area (Å²) in [7, 11) is 1.50. The van der Waals surface area contributed by atoms with Gasteiger partial charge in [-0.25, -0.2) is 19.3 Å². The highest BCUT2D eigenvalue weighted by Crippen LogP contribution is 2.39. The topological polar surface area (TPSA) is 165 Å². The van der Waals surface area contributed by atoms with Gasteiger partial charge in [-0.05, 0) is 104 Å². The number of nitrogens with one attached hydrogen (secondary N) is 1. The van der Waals surface area contributed by atoms with Crippen LogP contribution in [0, 0.1) is 5.92 Å². The van der Waals surface area contributed by atoms with Crippen LogP contribution in [0.1, 0.15) is 72.6 Å². The third-order valence-electron chi connectivity index (χ3n) is 14.3. The summed E-state index contributed by atoms with van der Waals surface area (Å²) in [4.78, 5) is 76.2. The van der Waals surface area contributed by atoms with Crippen LogP contribution in [0.4, 0.5) is 23.0 Å². The second-order valence-electron chi connectivity index (χ2n) is 18.0. The molecule has 0 saturated carbocycles. The second kappa shape index (κ2) is 16.6. The number of carbonyl (C=O) groups is 3. The Morgan fingerprint density at radius 2 is 1.62 bits per heavy atom. The van der Waals surface area contributed by atoms with Crippen LogP contribution in [0.15, 0.2) is 78.2 Å². The number of rotatable bonds is 11. The fraction of sp³-hybridized carbons (Fsp3) is 0.438. The van der Waals surface area contributed by atoms with Gasteiger partial charge in [0, 0.05) is 94.6 Å². The van der Waals surface area contributed by atoms with Gasteiger partial charge in [0.25, 0.3) is 17.4 Å². The summed E-state index contributed by atoms with van der Waals surface area (Å²) in [5.41, 5.74) is 5.58. The Kier molecular flexibility index (Phi) is 10.8. The van der Waals surface area contributed by atoms with E-state index in [2.05, 4.69) is 49.8 Å². The van der Waals surface area contributed by atoms with Gasteiger partial charge in [-0.2, -0.15) is 4.98 Å².